The first kappa shape index (κ1) is 23.6. The number of esters is 1. The Hall–Kier alpha value is -0.530. The summed E-state index contributed by atoms with van der Waals surface area (Å²) in [5.74, 6) is 5.92. The summed E-state index contributed by atoms with van der Waals surface area (Å²) in [5.41, 5.74) is 0.967. The molecule has 4 fully saturated rings. The lowest BCUT2D eigenvalue weighted by Crippen LogP contribution is -2.56. The molecular weight excluding hydrogens is 380 g/mol. The van der Waals surface area contributed by atoms with Gasteiger partial charge >= 0.3 is 5.97 Å². The average Bonchev–Trinajstić information content (AvgIpc) is 3.04. The van der Waals surface area contributed by atoms with Crippen molar-refractivity contribution in [1.29, 1.82) is 0 Å². The van der Waals surface area contributed by atoms with Crippen molar-refractivity contribution in [2.24, 2.45) is 52.3 Å². The highest BCUT2D eigenvalue weighted by Gasteiger charge is 2.61. The van der Waals surface area contributed by atoms with Gasteiger partial charge in [-0.25, -0.2) is 0 Å². The van der Waals surface area contributed by atoms with Crippen molar-refractivity contribution >= 4 is 5.97 Å². The first-order chi connectivity index (χ1) is 14.7. The van der Waals surface area contributed by atoms with Crippen LogP contribution in [0.25, 0.3) is 0 Å². The van der Waals surface area contributed by atoms with Gasteiger partial charge in [0.25, 0.3) is 0 Å². The monoisotopic (exact) mass is 430 g/mol. The first-order valence-corrected chi connectivity index (χ1v) is 13.8. The summed E-state index contributed by atoms with van der Waals surface area (Å²) in [6.45, 7) is 14.2. The fourth-order valence-corrected chi connectivity index (χ4v) is 9.73. The molecule has 2 nitrogen and oxygen atoms in total. The van der Waals surface area contributed by atoms with E-state index in [0.29, 0.717) is 16.7 Å². The Balaban J connectivity index is 1.47. The summed E-state index contributed by atoms with van der Waals surface area (Å²) in [7, 11) is 0. The van der Waals surface area contributed by atoms with Crippen LogP contribution in [0.2, 0.25) is 0 Å². The van der Waals surface area contributed by atoms with E-state index < -0.39 is 0 Å². The molecule has 4 rings (SSSR count). The van der Waals surface area contributed by atoms with Gasteiger partial charge in [-0.15, -0.1) is 0 Å². The molecule has 0 aromatic heterocycles. The highest BCUT2D eigenvalue weighted by Crippen LogP contribution is 2.68. The molecule has 0 saturated heterocycles. The summed E-state index contributed by atoms with van der Waals surface area (Å²) < 4.78 is 5.88. The van der Waals surface area contributed by atoms with Crippen LogP contribution in [0.3, 0.4) is 0 Å². The third kappa shape index (κ3) is 4.23. The van der Waals surface area contributed by atoms with Crippen molar-refractivity contribution in [3.05, 3.63) is 0 Å². The zero-order valence-electron chi connectivity index (χ0n) is 21.4. The van der Waals surface area contributed by atoms with Crippen molar-refractivity contribution in [1.82, 2.24) is 0 Å². The second-order valence-electron chi connectivity index (χ2n) is 13.1. The van der Waals surface area contributed by atoms with Crippen molar-refractivity contribution in [2.75, 3.05) is 0 Å². The van der Waals surface area contributed by atoms with E-state index in [2.05, 4.69) is 34.6 Å². The van der Waals surface area contributed by atoms with Gasteiger partial charge in [0.15, 0.2) is 0 Å². The minimum absolute atomic E-state index is 0.0716. The SMILES string of the molecule is CC(=O)O[C@@H]1CCC[C@]2(C)[C@@H]3CC[C@]4(C)[C@H](CC[C@H]4[C@H](C)CCCC(C)C)[C@@H]3CC[C@@H]12. The Morgan fingerprint density at radius 2 is 1.58 bits per heavy atom. The average molecular weight is 431 g/mol. The number of hydrogen-bond acceptors (Lipinski definition) is 2. The molecule has 178 valence electrons. The van der Waals surface area contributed by atoms with Gasteiger partial charge in [-0.3, -0.25) is 4.79 Å². The zero-order chi connectivity index (χ0) is 22.4. The van der Waals surface area contributed by atoms with Crippen molar-refractivity contribution in [3.63, 3.8) is 0 Å². The highest BCUT2D eigenvalue weighted by atomic mass is 16.5. The van der Waals surface area contributed by atoms with Gasteiger partial charge in [-0.05, 0) is 104 Å². The quantitative estimate of drug-likeness (QED) is 0.398. The maximum atomic E-state index is 11.8. The predicted molar refractivity (Wildman–Crippen MR) is 129 cm³/mol. The van der Waals surface area contributed by atoms with Crippen molar-refractivity contribution in [2.45, 2.75) is 125 Å². The molecule has 4 aliphatic rings. The minimum atomic E-state index is -0.0716. The largest absolute Gasteiger partial charge is 0.462 e. The first-order valence-electron chi connectivity index (χ1n) is 13.8. The lowest BCUT2D eigenvalue weighted by molar-refractivity contribution is -0.174. The molecule has 0 amide bonds. The second-order valence-corrected chi connectivity index (χ2v) is 13.1. The Labute approximate surface area is 192 Å². The van der Waals surface area contributed by atoms with E-state index in [1.807, 2.05) is 0 Å². The maximum absolute atomic E-state index is 11.8. The molecule has 0 spiro atoms. The second kappa shape index (κ2) is 9.02. The topological polar surface area (TPSA) is 26.3 Å². The van der Waals surface area contributed by atoms with E-state index in [-0.39, 0.29) is 12.1 Å². The number of carbonyl (C=O) groups excluding carboxylic acids is 1. The maximum Gasteiger partial charge on any atom is 0.302 e. The Bertz CT molecular complexity index is 641. The van der Waals surface area contributed by atoms with Crippen LogP contribution < -0.4 is 0 Å². The van der Waals surface area contributed by atoms with Crippen LogP contribution in [-0.4, -0.2) is 12.1 Å². The van der Waals surface area contributed by atoms with Crippen LogP contribution in [0.5, 0.6) is 0 Å². The lowest BCUT2D eigenvalue weighted by atomic mass is 9.44. The molecule has 0 aromatic carbocycles. The molecule has 0 aromatic rings. The molecule has 0 unspecified atom stereocenters. The van der Waals surface area contributed by atoms with Gasteiger partial charge in [0.05, 0.1) is 0 Å². The van der Waals surface area contributed by atoms with Gasteiger partial charge in [-0.1, -0.05) is 53.9 Å². The third-order valence-electron chi connectivity index (χ3n) is 11.1. The summed E-state index contributed by atoms with van der Waals surface area (Å²) in [6, 6.07) is 0. The van der Waals surface area contributed by atoms with Crippen LogP contribution in [0.15, 0.2) is 0 Å². The van der Waals surface area contributed by atoms with Crippen LogP contribution in [-0.2, 0) is 9.53 Å². The van der Waals surface area contributed by atoms with E-state index in [1.54, 1.807) is 6.92 Å². The molecule has 0 bridgehead atoms. The molecule has 31 heavy (non-hydrogen) atoms. The van der Waals surface area contributed by atoms with Gasteiger partial charge in [-0.2, -0.15) is 0 Å². The van der Waals surface area contributed by atoms with E-state index in [4.69, 9.17) is 4.74 Å². The molecule has 0 radical (unpaired) electrons. The van der Waals surface area contributed by atoms with Gasteiger partial charge in [0, 0.05) is 12.8 Å². The van der Waals surface area contributed by atoms with Crippen molar-refractivity contribution in [3.8, 4) is 0 Å². The number of carbonyl (C=O) groups is 1. The lowest BCUT2D eigenvalue weighted by Gasteiger charge is -2.61. The van der Waals surface area contributed by atoms with E-state index in [9.17, 15) is 4.79 Å². The van der Waals surface area contributed by atoms with Crippen LogP contribution in [0.1, 0.15) is 119 Å². The van der Waals surface area contributed by atoms with Gasteiger partial charge in [0.2, 0.25) is 0 Å². The van der Waals surface area contributed by atoms with E-state index in [1.165, 1.54) is 70.6 Å². The highest BCUT2D eigenvalue weighted by molar-refractivity contribution is 5.66. The molecule has 0 N–H and O–H groups in total. The molecule has 4 aliphatic carbocycles. The predicted octanol–water partition coefficient (Wildman–Crippen LogP) is 8.04. The molecule has 9 atom stereocenters. The number of rotatable bonds is 6. The Morgan fingerprint density at radius 1 is 0.871 bits per heavy atom. The minimum Gasteiger partial charge on any atom is -0.462 e. The summed E-state index contributed by atoms with van der Waals surface area (Å²) >= 11 is 0. The zero-order valence-corrected chi connectivity index (χ0v) is 21.4. The Morgan fingerprint density at radius 3 is 2.29 bits per heavy atom. The number of ether oxygens (including phenoxy) is 1. The van der Waals surface area contributed by atoms with Crippen LogP contribution in [0.4, 0.5) is 0 Å². The summed E-state index contributed by atoms with van der Waals surface area (Å²) in [4.78, 5) is 11.8. The number of fused-ring (bicyclic) bond motifs is 5. The smallest absolute Gasteiger partial charge is 0.302 e. The molecule has 0 heterocycles. The number of hydrogen-bond donors (Lipinski definition) is 0. The fourth-order valence-electron chi connectivity index (χ4n) is 9.73. The molecule has 0 aliphatic heterocycles. The van der Waals surface area contributed by atoms with Crippen molar-refractivity contribution < 1.29 is 9.53 Å². The molecular formula is C29H50O2. The third-order valence-corrected chi connectivity index (χ3v) is 11.1. The molecule has 2 heteroatoms. The van der Waals surface area contributed by atoms with Crippen LogP contribution in [0, 0.1) is 52.3 Å². The summed E-state index contributed by atoms with van der Waals surface area (Å²) in [5, 5.41) is 0. The van der Waals surface area contributed by atoms with Crippen LogP contribution >= 0.6 is 0 Å². The van der Waals surface area contributed by atoms with E-state index >= 15 is 0 Å². The van der Waals surface area contributed by atoms with Gasteiger partial charge < -0.3 is 4.74 Å². The standard InChI is InChI=1S/C29H50O2/c1-19(2)9-7-10-20(3)23-14-15-24-22-12-13-26-27(31-21(4)30)11-8-17-28(26,5)25(22)16-18-29(23,24)6/h19-20,22-27H,7-18H2,1-6H3/t20-,22+,23+,24-,25-,26+,27-,28-,29+/m1/s1. The Kier molecular flexibility index (Phi) is 6.87. The fraction of sp³-hybridized carbons (Fsp3) is 0.966. The van der Waals surface area contributed by atoms with Gasteiger partial charge in [0.1, 0.15) is 6.10 Å². The van der Waals surface area contributed by atoms with E-state index in [0.717, 1.165) is 41.9 Å². The molecule has 4 saturated carbocycles. The summed E-state index contributed by atoms with van der Waals surface area (Å²) in [6.07, 6.45) is 16.6. The normalized spacial score (nSPS) is 45.5.